The van der Waals surface area contributed by atoms with Gasteiger partial charge in [0.05, 0.1) is 12.9 Å². The van der Waals surface area contributed by atoms with E-state index in [9.17, 15) is 4.79 Å². The molecule has 2 heterocycles. The molecule has 2 N–H and O–H groups in total. The number of piperidine rings is 1. The Kier molecular flexibility index (Phi) is 4.65. The fourth-order valence-corrected chi connectivity index (χ4v) is 2.29. The highest BCUT2D eigenvalue weighted by Gasteiger charge is 2.24. The lowest BCUT2D eigenvalue weighted by atomic mass is 10.1. The van der Waals surface area contributed by atoms with E-state index in [0.29, 0.717) is 18.5 Å². The Morgan fingerprint density at radius 2 is 2.26 bits per heavy atom. The van der Waals surface area contributed by atoms with Crippen LogP contribution < -0.4 is 5.73 Å². The minimum absolute atomic E-state index is 0.183. The van der Waals surface area contributed by atoms with Crippen LogP contribution in [0.15, 0.2) is 12.5 Å². The molecule has 2 rings (SSSR count). The molecule has 0 aromatic carbocycles. The first kappa shape index (κ1) is 13.7. The molecule has 1 aromatic heterocycles. The molecule has 0 bridgehead atoms. The van der Waals surface area contributed by atoms with Gasteiger partial charge in [-0.3, -0.25) is 0 Å². The number of nitrogens with zero attached hydrogens (tertiary/aromatic N) is 3. The zero-order chi connectivity index (χ0) is 13.7. The average Bonchev–Trinajstić information content (AvgIpc) is 2.86. The number of unbranched alkanes of at least 4 members (excludes halogenated alkanes) is 1. The van der Waals surface area contributed by atoms with Crippen LogP contribution in [-0.2, 0) is 4.74 Å². The third kappa shape index (κ3) is 3.62. The normalized spacial score (nSPS) is 16.6. The van der Waals surface area contributed by atoms with Crippen molar-refractivity contribution in [3.63, 3.8) is 0 Å². The first-order valence-electron chi connectivity index (χ1n) is 6.91. The van der Waals surface area contributed by atoms with Gasteiger partial charge >= 0.3 is 6.09 Å². The van der Waals surface area contributed by atoms with E-state index in [4.69, 9.17) is 10.5 Å². The molecule has 0 spiro atoms. The van der Waals surface area contributed by atoms with E-state index in [-0.39, 0.29) is 6.09 Å². The van der Waals surface area contributed by atoms with Crippen LogP contribution in [0.25, 0.3) is 0 Å². The van der Waals surface area contributed by atoms with Crippen molar-refractivity contribution in [3.05, 3.63) is 12.5 Å². The van der Waals surface area contributed by atoms with E-state index < -0.39 is 0 Å². The quantitative estimate of drug-likeness (QED) is 0.846. The van der Waals surface area contributed by atoms with Crippen LogP contribution in [-0.4, -0.2) is 40.2 Å². The molecule has 1 amide bonds. The molecule has 0 aliphatic carbocycles. The number of carbonyl (C=O) groups excluding carboxylic acids is 1. The van der Waals surface area contributed by atoms with Crippen molar-refractivity contribution >= 4 is 11.9 Å². The Labute approximate surface area is 113 Å². The number of hydrogen-bond donors (Lipinski definition) is 1. The Balaban J connectivity index is 1.77. The van der Waals surface area contributed by atoms with E-state index in [1.165, 1.54) is 0 Å². The molecular weight excluding hydrogens is 244 g/mol. The third-order valence-corrected chi connectivity index (χ3v) is 3.49. The molecule has 0 atom stereocenters. The molecule has 1 saturated heterocycles. The number of ether oxygens (including phenoxy) is 1. The van der Waals surface area contributed by atoms with Gasteiger partial charge in [0.25, 0.3) is 0 Å². The van der Waals surface area contributed by atoms with Crippen molar-refractivity contribution in [3.8, 4) is 0 Å². The zero-order valence-electron chi connectivity index (χ0n) is 11.4. The third-order valence-electron chi connectivity index (χ3n) is 3.49. The van der Waals surface area contributed by atoms with Gasteiger partial charge in [-0.15, -0.1) is 0 Å². The smallest absolute Gasteiger partial charge is 0.409 e. The maximum Gasteiger partial charge on any atom is 0.409 e. The molecule has 19 heavy (non-hydrogen) atoms. The molecule has 1 aliphatic rings. The number of anilines is 1. The highest BCUT2D eigenvalue weighted by atomic mass is 16.6. The molecular formula is C13H22N4O2. The lowest BCUT2D eigenvalue weighted by molar-refractivity contribution is 0.0875. The highest BCUT2D eigenvalue weighted by molar-refractivity contribution is 5.67. The van der Waals surface area contributed by atoms with Crippen molar-refractivity contribution < 1.29 is 9.53 Å². The fourth-order valence-electron chi connectivity index (χ4n) is 2.29. The highest BCUT2D eigenvalue weighted by Crippen LogP contribution is 2.23. The Bertz CT molecular complexity index is 411. The van der Waals surface area contributed by atoms with Crippen LogP contribution >= 0.6 is 0 Å². The molecule has 6 heteroatoms. The Morgan fingerprint density at radius 1 is 1.53 bits per heavy atom. The van der Waals surface area contributed by atoms with Crippen LogP contribution in [0.5, 0.6) is 0 Å². The number of hydrogen-bond acceptors (Lipinski definition) is 4. The monoisotopic (exact) mass is 266 g/mol. The Morgan fingerprint density at radius 3 is 2.84 bits per heavy atom. The summed E-state index contributed by atoms with van der Waals surface area (Å²) in [6.45, 7) is 4.06. The van der Waals surface area contributed by atoms with Gasteiger partial charge in [0.15, 0.2) is 0 Å². The predicted molar refractivity (Wildman–Crippen MR) is 72.7 cm³/mol. The van der Waals surface area contributed by atoms with Crippen LogP contribution in [0, 0.1) is 0 Å². The second-order valence-electron chi connectivity index (χ2n) is 4.93. The summed E-state index contributed by atoms with van der Waals surface area (Å²) in [6, 6.07) is 0.379. The number of likely N-dealkylation sites (tertiary alicyclic amines) is 1. The molecule has 6 nitrogen and oxygen atoms in total. The van der Waals surface area contributed by atoms with Crippen molar-refractivity contribution in [1.82, 2.24) is 14.5 Å². The van der Waals surface area contributed by atoms with Crippen LogP contribution in [0.1, 0.15) is 38.6 Å². The summed E-state index contributed by atoms with van der Waals surface area (Å²) < 4.78 is 7.25. The standard InChI is InChI=1S/C13H22N4O2/c1-2-3-8-19-13(18)16-6-4-11(5-7-16)17-9-12(14)15-10-17/h9-11H,2-8,14H2,1H3. The topological polar surface area (TPSA) is 73.4 Å². The van der Waals surface area contributed by atoms with E-state index >= 15 is 0 Å². The van der Waals surface area contributed by atoms with Crippen LogP contribution in [0.3, 0.4) is 0 Å². The number of imidazole rings is 1. The van der Waals surface area contributed by atoms with Crippen molar-refractivity contribution in [2.75, 3.05) is 25.4 Å². The van der Waals surface area contributed by atoms with Gasteiger partial charge in [-0.05, 0) is 19.3 Å². The minimum atomic E-state index is -0.183. The molecule has 0 unspecified atom stereocenters. The van der Waals surface area contributed by atoms with Crippen molar-refractivity contribution in [2.45, 2.75) is 38.6 Å². The van der Waals surface area contributed by atoms with E-state index in [0.717, 1.165) is 38.8 Å². The second kappa shape index (κ2) is 6.45. The molecule has 0 radical (unpaired) electrons. The molecule has 1 aliphatic heterocycles. The second-order valence-corrected chi connectivity index (χ2v) is 4.93. The number of amides is 1. The number of nitrogens with two attached hydrogens (primary N) is 1. The van der Waals surface area contributed by atoms with E-state index in [2.05, 4.69) is 11.9 Å². The molecule has 1 aromatic rings. The van der Waals surface area contributed by atoms with E-state index in [1.54, 1.807) is 11.2 Å². The Hall–Kier alpha value is -1.72. The minimum Gasteiger partial charge on any atom is -0.449 e. The fraction of sp³-hybridized carbons (Fsp3) is 0.692. The first-order valence-corrected chi connectivity index (χ1v) is 6.91. The van der Waals surface area contributed by atoms with Gasteiger partial charge < -0.3 is 19.9 Å². The van der Waals surface area contributed by atoms with E-state index in [1.807, 2.05) is 10.8 Å². The summed E-state index contributed by atoms with van der Waals surface area (Å²) in [6.07, 6.45) is 7.22. The molecule has 1 fully saturated rings. The van der Waals surface area contributed by atoms with Gasteiger partial charge in [-0.1, -0.05) is 13.3 Å². The summed E-state index contributed by atoms with van der Waals surface area (Å²) in [4.78, 5) is 17.6. The number of aromatic nitrogens is 2. The zero-order valence-corrected chi connectivity index (χ0v) is 11.4. The van der Waals surface area contributed by atoms with Gasteiger partial charge in [0.2, 0.25) is 0 Å². The predicted octanol–water partition coefficient (Wildman–Crippen LogP) is 2.04. The lowest BCUT2D eigenvalue weighted by Crippen LogP contribution is -2.39. The van der Waals surface area contributed by atoms with Gasteiger partial charge in [-0.25, -0.2) is 9.78 Å². The summed E-state index contributed by atoms with van der Waals surface area (Å²) >= 11 is 0. The number of rotatable bonds is 4. The van der Waals surface area contributed by atoms with Gasteiger partial charge in [0, 0.05) is 25.3 Å². The number of nitrogen functional groups attached to an aromatic ring is 1. The van der Waals surface area contributed by atoms with Gasteiger partial charge in [0.1, 0.15) is 5.82 Å². The summed E-state index contributed by atoms with van der Waals surface area (Å²) in [7, 11) is 0. The number of carbonyl (C=O) groups is 1. The van der Waals surface area contributed by atoms with Crippen molar-refractivity contribution in [2.24, 2.45) is 0 Å². The lowest BCUT2D eigenvalue weighted by Gasteiger charge is -2.31. The average molecular weight is 266 g/mol. The SMILES string of the molecule is CCCCOC(=O)N1CCC(n2cnc(N)c2)CC1. The largest absolute Gasteiger partial charge is 0.449 e. The van der Waals surface area contributed by atoms with Crippen molar-refractivity contribution in [1.29, 1.82) is 0 Å². The van der Waals surface area contributed by atoms with Gasteiger partial charge in [-0.2, -0.15) is 0 Å². The maximum absolute atomic E-state index is 11.8. The molecule has 106 valence electrons. The summed E-state index contributed by atoms with van der Waals surface area (Å²) in [5, 5.41) is 0. The van der Waals surface area contributed by atoms with Crippen LogP contribution in [0.2, 0.25) is 0 Å². The maximum atomic E-state index is 11.8. The molecule has 0 saturated carbocycles. The first-order chi connectivity index (χ1) is 9.20. The summed E-state index contributed by atoms with van der Waals surface area (Å²) in [5.41, 5.74) is 5.61. The summed E-state index contributed by atoms with van der Waals surface area (Å²) in [5.74, 6) is 0.543. The van der Waals surface area contributed by atoms with Crippen LogP contribution in [0.4, 0.5) is 10.6 Å².